The molecule has 6 heteroatoms. The Morgan fingerprint density at radius 3 is 1.34 bits per heavy atom. The van der Waals surface area contributed by atoms with Gasteiger partial charge in [0.15, 0.2) is 0 Å². The summed E-state index contributed by atoms with van der Waals surface area (Å²) in [5.41, 5.74) is 3.77. The number of fused-ring (bicyclic) bond motifs is 1. The van der Waals surface area contributed by atoms with Gasteiger partial charge < -0.3 is 9.30 Å². The number of rotatable bonds is 39. The van der Waals surface area contributed by atoms with Gasteiger partial charge in [-0.3, -0.25) is 4.79 Å². The van der Waals surface area contributed by atoms with E-state index in [-0.39, 0.29) is 5.56 Å². The number of pyridine rings is 2. The molecule has 4 rings (SSSR count). The Hall–Kier alpha value is -2.44. The summed E-state index contributed by atoms with van der Waals surface area (Å²) in [5, 5.41) is 4.24. The van der Waals surface area contributed by atoms with Gasteiger partial charge in [-0.25, -0.2) is 4.98 Å². The van der Waals surface area contributed by atoms with Crippen molar-refractivity contribution in [1.82, 2.24) is 9.55 Å². The summed E-state index contributed by atoms with van der Waals surface area (Å²) in [6.07, 6.45) is 42.1. The average molecular weight is 887 g/mol. The van der Waals surface area contributed by atoms with E-state index in [2.05, 4.69) is 79.4 Å². The molecule has 62 heavy (non-hydrogen) atoms. The largest absolute Gasteiger partial charge is 0.477 e. The summed E-state index contributed by atoms with van der Waals surface area (Å²) in [6, 6.07) is 12.8. The zero-order valence-electron chi connectivity index (χ0n) is 40.3. The van der Waals surface area contributed by atoms with Crippen molar-refractivity contribution in [1.29, 1.82) is 0 Å². The molecule has 0 saturated carbocycles. The molecule has 0 spiro atoms. The highest BCUT2D eigenvalue weighted by Crippen LogP contribution is 2.37. The molecule has 0 aliphatic carbocycles. The topological polar surface area (TPSA) is 44.1 Å². The molecule has 0 bridgehead atoms. The maximum Gasteiger partial charge on any atom is 0.259 e. The lowest BCUT2D eigenvalue weighted by atomic mass is 9.93. The molecule has 0 N–H and O–H groups in total. The van der Waals surface area contributed by atoms with Gasteiger partial charge in [-0.15, -0.1) is 22.7 Å². The van der Waals surface area contributed by atoms with Gasteiger partial charge in [0.25, 0.3) is 5.56 Å². The Bertz CT molecular complexity index is 1730. The second kappa shape index (κ2) is 33.1. The van der Waals surface area contributed by atoms with Gasteiger partial charge in [0.2, 0.25) is 5.88 Å². The van der Waals surface area contributed by atoms with Gasteiger partial charge in [-0.2, -0.15) is 0 Å². The van der Waals surface area contributed by atoms with E-state index in [9.17, 15) is 4.79 Å². The third-order valence-electron chi connectivity index (χ3n) is 13.4. The number of thiophene rings is 2. The minimum Gasteiger partial charge on any atom is -0.477 e. The molecule has 4 heterocycles. The highest BCUT2D eigenvalue weighted by atomic mass is 32.1. The Morgan fingerprint density at radius 1 is 0.516 bits per heavy atom. The molecule has 4 nitrogen and oxygen atoms in total. The molecule has 4 aromatic rings. The number of aromatic nitrogens is 2. The Morgan fingerprint density at radius 2 is 0.919 bits per heavy atom. The number of nitrogens with zero attached hydrogens (tertiary/aromatic N) is 2. The normalized spacial score (nSPS) is 12.7. The van der Waals surface area contributed by atoms with E-state index in [1.165, 1.54) is 205 Å². The Kier molecular flexibility index (Phi) is 27.9. The van der Waals surface area contributed by atoms with Gasteiger partial charge in [-0.05, 0) is 72.5 Å². The fourth-order valence-electron chi connectivity index (χ4n) is 9.44. The first-order chi connectivity index (χ1) is 30.6. The van der Waals surface area contributed by atoms with Crippen LogP contribution in [0.3, 0.4) is 0 Å². The highest BCUT2D eigenvalue weighted by Gasteiger charge is 2.21. The summed E-state index contributed by atoms with van der Waals surface area (Å²) in [6.45, 7) is 10.7. The van der Waals surface area contributed by atoms with Crippen molar-refractivity contribution < 1.29 is 4.74 Å². The van der Waals surface area contributed by atoms with Crippen LogP contribution in [0.25, 0.3) is 31.9 Å². The average Bonchev–Trinajstić information content (AvgIpc) is 4.03. The molecule has 0 radical (unpaired) electrons. The van der Waals surface area contributed by atoms with Gasteiger partial charge in [0.1, 0.15) is 0 Å². The smallest absolute Gasteiger partial charge is 0.259 e. The maximum atomic E-state index is 14.8. The predicted molar refractivity (Wildman–Crippen MR) is 276 cm³/mol. The number of unbranched alkanes of at least 4 members (excludes halogenated alkanes) is 24. The van der Waals surface area contributed by atoms with E-state index >= 15 is 0 Å². The molecule has 0 aromatic carbocycles. The third kappa shape index (κ3) is 19.7. The van der Waals surface area contributed by atoms with Crippen LogP contribution in [0, 0.1) is 11.8 Å². The number of hydrogen-bond donors (Lipinski definition) is 0. The molecular formula is C56H90N2O2S2. The first-order valence-corrected chi connectivity index (χ1v) is 28.1. The van der Waals surface area contributed by atoms with E-state index < -0.39 is 0 Å². The monoisotopic (exact) mass is 887 g/mol. The first kappa shape index (κ1) is 52.2. The van der Waals surface area contributed by atoms with Crippen LogP contribution >= 0.6 is 22.7 Å². The zero-order valence-corrected chi connectivity index (χ0v) is 42.0. The molecule has 0 amide bonds. The van der Waals surface area contributed by atoms with E-state index in [0.29, 0.717) is 18.4 Å². The van der Waals surface area contributed by atoms with Crippen LogP contribution in [0.4, 0.5) is 0 Å². The predicted octanol–water partition coefficient (Wildman–Crippen LogP) is 19.0. The fraction of sp³-hybridized carbons (Fsp3) is 0.714. The van der Waals surface area contributed by atoms with Crippen LogP contribution in [0.2, 0.25) is 0 Å². The summed E-state index contributed by atoms with van der Waals surface area (Å²) in [4.78, 5) is 22.4. The number of ether oxygens (including phenoxy) is 1. The molecular weight excluding hydrogens is 797 g/mol. The second-order valence-electron chi connectivity index (χ2n) is 18.9. The quantitative estimate of drug-likeness (QED) is 0.0419. The van der Waals surface area contributed by atoms with Crippen molar-refractivity contribution in [2.75, 3.05) is 6.61 Å². The van der Waals surface area contributed by atoms with Gasteiger partial charge in [0, 0.05) is 16.3 Å². The van der Waals surface area contributed by atoms with E-state index in [0.717, 1.165) is 44.3 Å². The lowest BCUT2D eigenvalue weighted by Gasteiger charge is -2.22. The molecule has 2 atom stereocenters. The van der Waals surface area contributed by atoms with Crippen LogP contribution in [0.15, 0.2) is 52.0 Å². The molecule has 2 unspecified atom stereocenters. The van der Waals surface area contributed by atoms with Crippen molar-refractivity contribution in [3.8, 4) is 26.8 Å². The minimum absolute atomic E-state index is 0.126. The molecule has 4 aromatic heterocycles. The second-order valence-corrected chi connectivity index (χ2v) is 20.8. The maximum absolute atomic E-state index is 14.8. The van der Waals surface area contributed by atoms with Crippen molar-refractivity contribution in [2.45, 2.75) is 240 Å². The van der Waals surface area contributed by atoms with Crippen molar-refractivity contribution >= 4 is 33.7 Å². The van der Waals surface area contributed by atoms with Crippen LogP contribution < -0.4 is 10.3 Å². The molecule has 0 aliphatic rings. The lowest BCUT2D eigenvalue weighted by molar-refractivity contribution is 0.218. The van der Waals surface area contributed by atoms with Gasteiger partial charge in [-0.1, -0.05) is 220 Å². The zero-order chi connectivity index (χ0) is 43.9. The van der Waals surface area contributed by atoms with Crippen molar-refractivity contribution in [3.05, 3.63) is 57.5 Å². The van der Waals surface area contributed by atoms with Crippen LogP contribution in [0.1, 0.15) is 233 Å². The summed E-state index contributed by atoms with van der Waals surface area (Å²) < 4.78 is 9.08. The van der Waals surface area contributed by atoms with E-state index in [4.69, 9.17) is 9.72 Å². The van der Waals surface area contributed by atoms with E-state index in [1.807, 2.05) is 0 Å². The summed E-state index contributed by atoms with van der Waals surface area (Å²) >= 11 is 3.40. The summed E-state index contributed by atoms with van der Waals surface area (Å²) in [5.74, 6) is 1.74. The molecule has 0 fully saturated rings. The molecule has 348 valence electrons. The lowest BCUT2D eigenvalue weighted by Crippen LogP contribution is -2.26. The molecule has 0 saturated heterocycles. The SMILES string of the molecule is CCCCCCCCCCC(CCCCCCCC)COc1nc2cc(-c3cccs3)c(=O)n(CC(CCCCCCCC)CCCCCCCCCC)c2cc1-c1cccs1. The summed E-state index contributed by atoms with van der Waals surface area (Å²) in [7, 11) is 0. The minimum atomic E-state index is 0.126. The van der Waals surface area contributed by atoms with Crippen molar-refractivity contribution in [3.63, 3.8) is 0 Å². The fourth-order valence-corrected chi connectivity index (χ4v) is 10.9. The third-order valence-corrected chi connectivity index (χ3v) is 15.2. The van der Waals surface area contributed by atoms with Gasteiger partial charge in [0.05, 0.1) is 28.8 Å². The number of hydrogen-bond acceptors (Lipinski definition) is 5. The van der Waals surface area contributed by atoms with Gasteiger partial charge >= 0.3 is 0 Å². The highest BCUT2D eigenvalue weighted by molar-refractivity contribution is 7.13. The Balaban J connectivity index is 1.61. The van der Waals surface area contributed by atoms with E-state index in [1.54, 1.807) is 22.7 Å². The Labute approximate surface area is 388 Å². The van der Waals surface area contributed by atoms with Crippen molar-refractivity contribution in [2.24, 2.45) is 11.8 Å². The van der Waals surface area contributed by atoms with Crippen LogP contribution in [-0.4, -0.2) is 16.2 Å². The standard InChI is InChI=1S/C56H90N2O2S2/c1-5-9-13-17-21-23-27-30-36-47(35-29-25-19-15-11-7-3)45-58-52-44-49(53-39-33-41-61-53)55(57-51(52)43-50(56(58)59)54-40-34-42-62-54)60-46-48(37-31-26-20-16-12-8-4)38-32-28-24-22-18-14-10-6-2/h33-34,39-44,47-48H,5-32,35-38,45-46H2,1-4H3. The van der Waals surface area contributed by atoms with Crippen LogP contribution in [0.5, 0.6) is 5.88 Å². The van der Waals surface area contributed by atoms with Crippen LogP contribution in [-0.2, 0) is 6.54 Å². The first-order valence-electron chi connectivity index (χ1n) is 26.4. The molecule has 0 aliphatic heterocycles.